The van der Waals surface area contributed by atoms with Gasteiger partial charge in [0.2, 0.25) is 0 Å². The van der Waals surface area contributed by atoms with E-state index in [0.29, 0.717) is 10.6 Å². The molecule has 0 spiro atoms. The molecular formula is C23H19ClF3N3O3. The van der Waals surface area contributed by atoms with Crippen molar-refractivity contribution in [2.45, 2.75) is 37.3 Å². The van der Waals surface area contributed by atoms with Gasteiger partial charge < -0.3 is 10.4 Å². The first kappa shape index (κ1) is 23.0. The predicted octanol–water partition coefficient (Wildman–Crippen LogP) is 3.97. The van der Waals surface area contributed by atoms with Gasteiger partial charge in [-0.25, -0.2) is 13.2 Å². The largest absolute Gasteiger partial charge is 0.385 e. The van der Waals surface area contributed by atoms with Crippen LogP contribution in [-0.4, -0.2) is 38.9 Å². The van der Waals surface area contributed by atoms with Crippen LogP contribution in [0.2, 0.25) is 5.02 Å². The van der Waals surface area contributed by atoms with Crippen molar-refractivity contribution in [2.75, 3.05) is 0 Å². The molecule has 1 aliphatic carbocycles. The van der Waals surface area contributed by atoms with Gasteiger partial charge in [0.05, 0.1) is 17.4 Å². The Morgan fingerprint density at radius 3 is 2.61 bits per heavy atom. The van der Waals surface area contributed by atoms with Crippen LogP contribution in [0.25, 0.3) is 16.9 Å². The van der Waals surface area contributed by atoms with Gasteiger partial charge in [-0.15, -0.1) is 0 Å². The topological polar surface area (TPSA) is 84.2 Å². The average Bonchev–Trinajstić information content (AvgIpc) is 2.77. The zero-order valence-electron chi connectivity index (χ0n) is 17.1. The van der Waals surface area contributed by atoms with E-state index >= 15 is 0 Å². The maximum atomic E-state index is 13.9. The van der Waals surface area contributed by atoms with Crippen molar-refractivity contribution in [3.8, 4) is 16.9 Å². The lowest BCUT2D eigenvalue weighted by Crippen LogP contribution is -2.54. The van der Waals surface area contributed by atoms with Crippen molar-refractivity contribution < 1.29 is 23.1 Å². The maximum Gasteiger partial charge on any atom is 0.284 e. The highest BCUT2D eigenvalue weighted by molar-refractivity contribution is 6.30. The molecule has 1 saturated carbocycles. The van der Waals surface area contributed by atoms with Crippen LogP contribution in [-0.2, 0) is 0 Å². The third-order valence-electron chi connectivity index (χ3n) is 5.50. The first-order chi connectivity index (χ1) is 15.7. The molecule has 10 heteroatoms. The first-order valence-electron chi connectivity index (χ1n) is 10.2. The normalized spacial score (nSPS) is 19.8. The summed E-state index contributed by atoms with van der Waals surface area (Å²) < 4.78 is 42.5. The van der Waals surface area contributed by atoms with Gasteiger partial charge in [0.1, 0.15) is 17.5 Å². The number of amides is 1. The summed E-state index contributed by atoms with van der Waals surface area (Å²) in [7, 11) is 0. The van der Waals surface area contributed by atoms with E-state index in [9.17, 15) is 27.9 Å². The molecule has 0 saturated heterocycles. The number of aliphatic hydroxyl groups is 1. The van der Waals surface area contributed by atoms with E-state index in [1.165, 1.54) is 24.3 Å². The second kappa shape index (κ2) is 8.99. The van der Waals surface area contributed by atoms with Crippen molar-refractivity contribution in [1.82, 2.24) is 15.1 Å². The Hall–Kier alpha value is -3.17. The van der Waals surface area contributed by atoms with Crippen LogP contribution in [0.15, 0.2) is 59.4 Å². The van der Waals surface area contributed by atoms with Crippen LogP contribution in [0.3, 0.4) is 0 Å². The molecule has 0 bridgehead atoms. The SMILES string of the molecule is O=C(N[C@@H]1CCCC(F)(F)[C@H]1O)c1cc(-c2ccc(Cl)cc2)nn(-c2cccc(F)c2)c1=O. The van der Waals surface area contributed by atoms with Gasteiger partial charge in [-0.05, 0) is 49.2 Å². The smallest absolute Gasteiger partial charge is 0.284 e. The molecule has 2 N–H and O–H groups in total. The van der Waals surface area contributed by atoms with E-state index in [-0.39, 0.29) is 29.8 Å². The van der Waals surface area contributed by atoms with Crippen LogP contribution < -0.4 is 10.9 Å². The second-order valence-corrected chi connectivity index (χ2v) is 8.26. The lowest BCUT2D eigenvalue weighted by Gasteiger charge is -2.34. The molecule has 0 unspecified atom stereocenters. The van der Waals surface area contributed by atoms with Crippen LogP contribution in [0.5, 0.6) is 0 Å². The van der Waals surface area contributed by atoms with E-state index in [1.54, 1.807) is 24.3 Å². The van der Waals surface area contributed by atoms with Crippen molar-refractivity contribution in [3.05, 3.63) is 81.4 Å². The first-order valence-corrected chi connectivity index (χ1v) is 10.6. The molecule has 0 aliphatic heterocycles. The molecule has 4 rings (SSSR count). The van der Waals surface area contributed by atoms with Crippen molar-refractivity contribution in [2.24, 2.45) is 0 Å². The monoisotopic (exact) mass is 477 g/mol. The lowest BCUT2D eigenvalue weighted by atomic mass is 9.89. The Labute approximate surface area is 191 Å². The van der Waals surface area contributed by atoms with E-state index < -0.39 is 41.8 Å². The molecule has 0 radical (unpaired) electrons. The molecular weight excluding hydrogens is 459 g/mol. The number of rotatable bonds is 4. The number of alkyl halides is 2. The lowest BCUT2D eigenvalue weighted by molar-refractivity contribution is -0.141. The minimum absolute atomic E-state index is 0.0779. The Bertz CT molecular complexity index is 1250. The fourth-order valence-electron chi connectivity index (χ4n) is 3.76. The fourth-order valence-corrected chi connectivity index (χ4v) is 3.88. The summed E-state index contributed by atoms with van der Waals surface area (Å²) in [6, 6.07) is 11.5. The summed E-state index contributed by atoms with van der Waals surface area (Å²) in [4.78, 5) is 26.1. The number of hydrogen-bond donors (Lipinski definition) is 2. The standard InChI is InChI=1S/C23H19ClF3N3O3/c24-14-8-6-13(7-9-14)19-12-17(21(32)28-18-5-2-10-23(26,27)20(18)31)22(33)30(29-19)16-4-1-3-15(25)11-16/h1,3-4,6-9,11-12,18,20,31H,2,5,10H2,(H,28,32)/t18-,20+/m1/s1. The van der Waals surface area contributed by atoms with Crippen molar-refractivity contribution >= 4 is 17.5 Å². The average molecular weight is 478 g/mol. The zero-order valence-corrected chi connectivity index (χ0v) is 17.9. The predicted molar refractivity (Wildman–Crippen MR) is 116 cm³/mol. The Balaban J connectivity index is 1.78. The van der Waals surface area contributed by atoms with E-state index in [0.717, 1.165) is 10.7 Å². The van der Waals surface area contributed by atoms with Gasteiger partial charge in [0.25, 0.3) is 17.4 Å². The summed E-state index contributed by atoms with van der Waals surface area (Å²) >= 11 is 5.93. The molecule has 1 aromatic heterocycles. The number of halogens is 4. The molecule has 172 valence electrons. The van der Waals surface area contributed by atoms with E-state index in [4.69, 9.17) is 11.6 Å². The van der Waals surface area contributed by atoms with Gasteiger partial charge in [-0.2, -0.15) is 9.78 Å². The van der Waals surface area contributed by atoms with Gasteiger partial charge in [0, 0.05) is 17.0 Å². The molecule has 3 aromatic rings. The van der Waals surface area contributed by atoms with Crippen LogP contribution in [0, 0.1) is 5.82 Å². The second-order valence-electron chi connectivity index (χ2n) is 7.83. The Kier molecular flexibility index (Phi) is 6.27. The third-order valence-corrected chi connectivity index (χ3v) is 5.76. The Morgan fingerprint density at radius 1 is 1.18 bits per heavy atom. The Morgan fingerprint density at radius 2 is 1.91 bits per heavy atom. The van der Waals surface area contributed by atoms with Crippen LogP contribution in [0.4, 0.5) is 13.2 Å². The number of nitrogens with zero attached hydrogens (tertiary/aromatic N) is 2. The summed E-state index contributed by atoms with van der Waals surface area (Å²) in [6.45, 7) is 0. The molecule has 33 heavy (non-hydrogen) atoms. The summed E-state index contributed by atoms with van der Waals surface area (Å²) in [5.41, 5.74) is -0.458. The summed E-state index contributed by atoms with van der Waals surface area (Å²) in [5.74, 6) is -4.90. The molecule has 2 atom stereocenters. The number of carbonyl (C=O) groups excluding carboxylic acids is 1. The number of benzene rings is 2. The van der Waals surface area contributed by atoms with Gasteiger partial charge in [-0.1, -0.05) is 29.8 Å². The fraction of sp³-hybridized carbons (Fsp3) is 0.261. The molecule has 1 amide bonds. The minimum Gasteiger partial charge on any atom is -0.385 e. The van der Waals surface area contributed by atoms with Gasteiger partial charge in [-0.3, -0.25) is 9.59 Å². The number of carbonyl (C=O) groups is 1. The third kappa shape index (κ3) is 4.79. The quantitative estimate of drug-likeness (QED) is 0.595. The molecule has 1 aliphatic rings. The van der Waals surface area contributed by atoms with E-state index in [1.807, 2.05) is 0 Å². The maximum absolute atomic E-state index is 13.9. The van der Waals surface area contributed by atoms with Crippen molar-refractivity contribution in [1.29, 1.82) is 0 Å². The molecule has 1 fully saturated rings. The summed E-state index contributed by atoms with van der Waals surface area (Å²) in [5, 5.41) is 17.0. The van der Waals surface area contributed by atoms with Crippen molar-refractivity contribution in [3.63, 3.8) is 0 Å². The minimum atomic E-state index is -3.34. The highest BCUT2D eigenvalue weighted by atomic mass is 35.5. The number of aliphatic hydroxyl groups excluding tert-OH is 1. The number of hydrogen-bond acceptors (Lipinski definition) is 4. The van der Waals surface area contributed by atoms with Gasteiger partial charge >= 0.3 is 0 Å². The highest BCUT2D eigenvalue weighted by Crippen LogP contribution is 2.33. The zero-order chi connectivity index (χ0) is 23.8. The van der Waals surface area contributed by atoms with Crippen LogP contribution >= 0.6 is 11.6 Å². The van der Waals surface area contributed by atoms with E-state index in [2.05, 4.69) is 10.4 Å². The summed E-state index contributed by atoms with van der Waals surface area (Å²) in [6.07, 6.45) is -2.31. The van der Waals surface area contributed by atoms with Gasteiger partial charge in [0.15, 0.2) is 0 Å². The molecule has 6 nitrogen and oxygen atoms in total. The molecule has 1 heterocycles. The highest BCUT2D eigenvalue weighted by Gasteiger charge is 2.46. The number of nitrogens with one attached hydrogen (secondary N) is 1. The number of aromatic nitrogens is 2. The van der Waals surface area contributed by atoms with Crippen LogP contribution in [0.1, 0.15) is 29.6 Å². The molecule has 2 aromatic carbocycles.